The fourth-order valence-corrected chi connectivity index (χ4v) is 15.6. The molecule has 0 radical (unpaired) electrons. The van der Waals surface area contributed by atoms with Crippen molar-refractivity contribution < 1.29 is 0 Å². The van der Waals surface area contributed by atoms with E-state index >= 15 is 0 Å². The van der Waals surface area contributed by atoms with E-state index in [0.717, 1.165) is 12.8 Å². The lowest BCUT2D eigenvalue weighted by molar-refractivity contribution is 0.0869. The zero-order valence-corrected chi connectivity index (χ0v) is 24.6. The highest BCUT2D eigenvalue weighted by molar-refractivity contribution is 6.67. The Morgan fingerprint density at radius 1 is 0.469 bits per heavy atom. The molecule has 7 rings (SSSR count). The van der Waals surface area contributed by atoms with Gasteiger partial charge in [-0.25, -0.2) is 0 Å². The first-order chi connectivity index (χ1) is 14.6. The van der Waals surface area contributed by atoms with Crippen molar-refractivity contribution in [3.05, 3.63) is 20.1 Å². The van der Waals surface area contributed by atoms with Crippen LogP contribution in [0.2, 0.25) is 0 Å². The van der Waals surface area contributed by atoms with Gasteiger partial charge in [0.15, 0.2) is 8.67 Å². The second-order valence-electron chi connectivity index (χ2n) is 10.5. The zero-order valence-electron chi connectivity index (χ0n) is 15.6. The summed E-state index contributed by atoms with van der Waals surface area (Å²) >= 11 is 82.8. The molecule has 5 fully saturated rings. The first-order valence-electron chi connectivity index (χ1n) is 10.2. The summed E-state index contributed by atoms with van der Waals surface area (Å²) < 4.78 is -3.10. The van der Waals surface area contributed by atoms with Crippen LogP contribution in [0.5, 0.6) is 0 Å². The molecule has 12 heteroatoms. The Morgan fingerprint density at radius 2 is 0.875 bits per heavy atom. The zero-order chi connectivity index (χ0) is 23.3. The quantitative estimate of drug-likeness (QED) is 0.177. The molecule has 32 heavy (non-hydrogen) atoms. The summed E-state index contributed by atoms with van der Waals surface area (Å²) in [6.07, 6.45) is 1.64. The number of rotatable bonds is 0. The molecule has 176 valence electrons. The van der Waals surface area contributed by atoms with Crippen LogP contribution < -0.4 is 0 Å². The molecule has 0 aromatic carbocycles. The van der Waals surface area contributed by atoms with Gasteiger partial charge >= 0.3 is 0 Å². The molecular formula is C20H12Cl12. The molecule has 6 bridgehead atoms. The SMILES string of the molecule is ClC1=C(Cl)[C@@]2(Cl)[C@H]3C[C@@H]4[C@H]5C[C@H]([C@@H]4[C@H]3[C@@]1(Cl)C2(Cl)Cl)[C@@H]1[C@@H]5[C@@]2(Cl)C(Cl)=C(Cl)[C@@]1(Cl)C2(Cl)Cl. The number of halogens is 12. The van der Waals surface area contributed by atoms with Crippen molar-refractivity contribution in [2.45, 2.75) is 41.0 Å². The van der Waals surface area contributed by atoms with Gasteiger partial charge < -0.3 is 0 Å². The molecule has 7 aliphatic rings. The first kappa shape index (κ1) is 24.0. The molecule has 7 aliphatic carbocycles. The number of hydrogen-bond donors (Lipinski definition) is 0. The van der Waals surface area contributed by atoms with Gasteiger partial charge in [0.2, 0.25) is 0 Å². The monoisotopic (exact) mass is 672 g/mol. The molecule has 0 aromatic rings. The van der Waals surface area contributed by atoms with Crippen LogP contribution in [0.15, 0.2) is 20.1 Å². The van der Waals surface area contributed by atoms with Gasteiger partial charge in [-0.2, -0.15) is 0 Å². The largest absolute Gasteiger partial charge is 0.166 e. The van der Waals surface area contributed by atoms with E-state index in [-0.39, 0.29) is 67.5 Å². The first-order valence-corrected chi connectivity index (χ1v) is 14.8. The molecule has 0 unspecified atom stereocenters. The fraction of sp³-hybridized carbons (Fsp3) is 0.800. The Morgan fingerprint density at radius 3 is 1.41 bits per heavy atom. The van der Waals surface area contributed by atoms with Crippen molar-refractivity contribution in [1.82, 2.24) is 0 Å². The third-order valence-corrected chi connectivity index (χ3v) is 18.8. The Balaban J connectivity index is 1.41. The van der Waals surface area contributed by atoms with Crippen LogP contribution in [-0.2, 0) is 0 Å². The Hall–Kier alpha value is 2.96. The van der Waals surface area contributed by atoms with Crippen molar-refractivity contribution in [1.29, 1.82) is 0 Å². The molecular weight excluding hydrogens is 666 g/mol. The van der Waals surface area contributed by atoms with E-state index in [1.54, 1.807) is 0 Å². The topological polar surface area (TPSA) is 0 Å². The third-order valence-electron chi connectivity index (χ3n) is 10.1. The highest BCUT2D eigenvalue weighted by Crippen LogP contribution is 2.89. The average molecular weight is 678 g/mol. The van der Waals surface area contributed by atoms with Crippen molar-refractivity contribution in [2.75, 3.05) is 0 Å². The molecule has 0 amide bonds. The van der Waals surface area contributed by atoms with Crippen LogP contribution in [-0.4, -0.2) is 28.2 Å². The number of hydrogen-bond acceptors (Lipinski definition) is 0. The second kappa shape index (κ2) is 6.23. The highest BCUT2D eigenvalue weighted by Gasteiger charge is 2.91. The molecule has 0 N–H and O–H groups in total. The Kier molecular flexibility index (Phi) is 4.68. The smallest absolute Gasteiger partial charge is 0.109 e. The summed E-state index contributed by atoms with van der Waals surface area (Å²) in [4.78, 5) is -5.11. The number of fused-ring (bicyclic) bond motifs is 18. The summed E-state index contributed by atoms with van der Waals surface area (Å²) in [7, 11) is 0. The maximum Gasteiger partial charge on any atom is 0.166 e. The fourth-order valence-electron chi connectivity index (χ4n) is 9.37. The highest BCUT2D eigenvalue weighted by atomic mass is 35.5. The maximum absolute atomic E-state index is 7.23. The van der Waals surface area contributed by atoms with Gasteiger partial charge in [-0.05, 0) is 60.2 Å². The van der Waals surface area contributed by atoms with E-state index in [1.807, 2.05) is 0 Å². The number of allylic oxidation sites excluding steroid dienone is 4. The van der Waals surface area contributed by atoms with Crippen LogP contribution in [0.1, 0.15) is 12.8 Å². The molecule has 0 spiro atoms. The van der Waals surface area contributed by atoms with Crippen molar-refractivity contribution in [3.63, 3.8) is 0 Å². The molecule has 0 saturated heterocycles. The summed E-state index contributed by atoms with van der Waals surface area (Å²) in [6.45, 7) is 0. The predicted octanol–water partition coefficient (Wildman–Crippen LogP) is 9.43. The molecule has 0 nitrogen and oxygen atoms in total. The van der Waals surface area contributed by atoms with Gasteiger partial charge in [-0.15, -0.1) is 46.4 Å². The van der Waals surface area contributed by atoms with Gasteiger partial charge in [0.1, 0.15) is 19.5 Å². The minimum Gasteiger partial charge on any atom is -0.109 e. The van der Waals surface area contributed by atoms with Gasteiger partial charge in [0.25, 0.3) is 0 Å². The van der Waals surface area contributed by atoms with Gasteiger partial charge in [-0.3, -0.25) is 0 Å². The molecule has 5 saturated carbocycles. The molecule has 0 aliphatic heterocycles. The van der Waals surface area contributed by atoms with Gasteiger partial charge in [0, 0.05) is 0 Å². The predicted molar refractivity (Wildman–Crippen MR) is 138 cm³/mol. The molecule has 12 atom stereocenters. The minimum absolute atomic E-state index is 0.0844. The van der Waals surface area contributed by atoms with Crippen molar-refractivity contribution in [2.24, 2.45) is 47.3 Å². The van der Waals surface area contributed by atoms with Crippen molar-refractivity contribution >= 4 is 139 Å². The van der Waals surface area contributed by atoms with Gasteiger partial charge in [0.05, 0.1) is 20.1 Å². The third kappa shape index (κ3) is 1.85. The Labute approximate surface area is 245 Å². The van der Waals surface area contributed by atoms with E-state index < -0.39 is 28.2 Å². The van der Waals surface area contributed by atoms with Crippen LogP contribution in [0, 0.1) is 47.3 Å². The van der Waals surface area contributed by atoms with E-state index in [2.05, 4.69) is 0 Å². The lowest BCUT2D eigenvalue weighted by Crippen LogP contribution is -2.51. The summed E-state index contributed by atoms with van der Waals surface area (Å²) in [6, 6.07) is 0. The van der Waals surface area contributed by atoms with Crippen LogP contribution in [0.3, 0.4) is 0 Å². The Bertz CT molecular complexity index is 1080. The van der Waals surface area contributed by atoms with Gasteiger partial charge in [-0.1, -0.05) is 92.8 Å². The minimum atomic E-state index is -1.55. The van der Waals surface area contributed by atoms with Crippen LogP contribution >= 0.6 is 139 Å². The van der Waals surface area contributed by atoms with E-state index in [4.69, 9.17) is 139 Å². The second-order valence-corrected chi connectivity index (χ2v) is 17.0. The standard InChI is InChI=1S/C20H12Cl12/c21-11-12(22)18(28)10-6(15(11,25)19(18,29)30)2-3-4-1-5(7(3)10)9-8(4)16(26)13(23)14(24)17(9,27)20(16,31)32/h3-10H,1-2H2/t3-,4-,5-,6+,7-,8-,9-,10+,15+,16-,17-,18+/m1/s1. The lowest BCUT2D eigenvalue weighted by Gasteiger charge is -2.47. The summed E-state index contributed by atoms with van der Waals surface area (Å²) in [5.74, 6) is -0.0294. The number of alkyl halides is 8. The van der Waals surface area contributed by atoms with E-state index in [9.17, 15) is 0 Å². The van der Waals surface area contributed by atoms with E-state index in [0.29, 0.717) is 0 Å². The summed E-state index contributed by atoms with van der Waals surface area (Å²) in [5.41, 5.74) is 0. The van der Waals surface area contributed by atoms with Crippen molar-refractivity contribution in [3.8, 4) is 0 Å². The van der Waals surface area contributed by atoms with Crippen LogP contribution in [0.4, 0.5) is 0 Å². The molecule has 0 heterocycles. The summed E-state index contributed by atoms with van der Waals surface area (Å²) in [5, 5.41) is 0.952. The average Bonchev–Trinajstić information content (AvgIpc) is 3.48. The lowest BCUT2D eigenvalue weighted by atomic mass is 9.62. The van der Waals surface area contributed by atoms with Crippen LogP contribution in [0.25, 0.3) is 0 Å². The molecule has 0 aromatic heterocycles. The van der Waals surface area contributed by atoms with E-state index in [1.165, 1.54) is 0 Å². The maximum atomic E-state index is 7.23. The normalized spacial score (nSPS) is 64.1.